The number of carbonyl (C=O) groups excluding carboxylic acids is 1. The van der Waals surface area contributed by atoms with Crippen LogP contribution in [0.5, 0.6) is 0 Å². The van der Waals surface area contributed by atoms with Gasteiger partial charge < -0.3 is 26.0 Å². The minimum Gasteiger partial charge on any atom is -0.387 e. The number of carbonyl (C=O) groups is 1. The zero-order chi connectivity index (χ0) is 24.2. The fourth-order valence-corrected chi connectivity index (χ4v) is 3.26. The van der Waals surface area contributed by atoms with Gasteiger partial charge in [-0.05, 0) is 40.2 Å². The Labute approximate surface area is 192 Å². The lowest BCUT2D eigenvalue weighted by Crippen LogP contribution is -2.42. The quantitative estimate of drug-likeness (QED) is 0.449. The van der Waals surface area contributed by atoms with Crippen LogP contribution in [0.3, 0.4) is 0 Å². The molecule has 3 rings (SSSR count). The third-order valence-corrected chi connectivity index (χ3v) is 5.11. The Bertz CT molecular complexity index is 968. The van der Waals surface area contributed by atoms with Crippen LogP contribution in [0.15, 0.2) is 24.5 Å². The zero-order valence-electron chi connectivity index (χ0n) is 19.3. The van der Waals surface area contributed by atoms with E-state index in [1.165, 1.54) is 20.0 Å². The van der Waals surface area contributed by atoms with Crippen LogP contribution in [0.4, 0.5) is 32.1 Å². The first-order chi connectivity index (χ1) is 15.5. The number of hydrogen-bond acceptors (Lipinski definition) is 8. The SMILES string of the molecule is CC(C)Nc1cc(Nc2ccnc(N3CCC(F)C3)n2)ncc1C(=O)NCC(F)C(C)(C)O. The number of hydrogen-bond donors (Lipinski definition) is 4. The van der Waals surface area contributed by atoms with Crippen molar-refractivity contribution in [2.45, 2.75) is 58.1 Å². The molecule has 2 unspecified atom stereocenters. The second kappa shape index (κ2) is 10.2. The van der Waals surface area contributed by atoms with E-state index in [-0.39, 0.29) is 24.7 Å². The van der Waals surface area contributed by atoms with E-state index in [1.54, 1.807) is 23.2 Å². The van der Waals surface area contributed by atoms with Gasteiger partial charge in [-0.3, -0.25) is 4.79 Å². The highest BCUT2D eigenvalue weighted by Crippen LogP contribution is 2.24. The summed E-state index contributed by atoms with van der Waals surface area (Å²) in [6.45, 7) is 7.02. The smallest absolute Gasteiger partial charge is 0.255 e. The third-order valence-electron chi connectivity index (χ3n) is 5.11. The molecule has 3 heterocycles. The van der Waals surface area contributed by atoms with Crippen molar-refractivity contribution < 1.29 is 18.7 Å². The lowest BCUT2D eigenvalue weighted by atomic mass is 10.0. The van der Waals surface area contributed by atoms with Crippen LogP contribution in [-0.2, 0) is 0 Å². The first-order valence-electron chi connectivity index (χ1n) is 10.9. The second-order valence-corrected chi connectivity index (χ2v) is 8.94. The summed E-state index contributed by atoms with van der Waals surface area (Å²) in [5, 5.41) is 18.5. The van der Waals surface area contributed by atoms with Crippen LogP contribution in [0.25, 0.3) is 0 Å². The standard InChI is InChI=1S/C22H31F2N7O2/c1-13(2)28-16-9-19(26-10-15(16)20(32)27-11-17(24)22(3,4)33)29-18-5-7-25-21(30-18)31-8-6-14(23)12-31/h5,7,9-10,13-14,17,33H,6,8,11-12H2,1-4H3,(H,27,32)(H2,25,26,28,29,30). The molecule has 9 nitrogen and oxygen atoms in total. The van der Waals surface area contributed by atoms with Gasteiger partial charge in [0, 0.05) is 31.0 Å². The maximum absolute atomic E-state index is 14.0. The summed E-state index contributed by atoms with van der Waals surface area (Å²) in [5.41, 5.74) is -0.811. The molecule has 0 radical (unpaired) electrons. The molecule has 2 aromatic heterocycles. The Balaban J connectivity index is 1.76. The van der Waals surface area contributed by atoms with Crippen LogP contribution in [0.1, 0.15) is 44.5 Å². The minimum absolute atomic E-state index is 0.0200. The van der Waals surface area contributed by atoms with Gasteiger partial charge in [-0.1, -0.05) is 0 Å². The highest BCUT2D eigenvalue weighted by atomic mass is 19.1. The molecule has 0 aliphatic carbocycles. The average Bonchev–Trinajstić information content (AvgIpc) is 3.17. The number of pyridine rings is 1. The first kappa shape index (κ1) is 24.6. The number of nitrogens with one attached hydrogen (secondary N) is 3. The normalized spacial score (nSPS) is 17.2. The Morgan fingerprint density at radius 2 is 2.09 bits per heavy atom. The number of alkyl halides is 2. The van der Waals surface area contributed by atoms with Gasteiger partial charge in [0.15, 0.2) is 0 Å². The van der Waals surface area contributed by atoms with Gasteiger partial charge >= 0.3 is 0 Å². The van der Waals surface area contributed by atoms with Gasteiger partial charge in [0.2, 0.25) is 5.95 Å². The molecular formula is C22H31F2N7O2. The largest absolute Gasteiger partial charge is 0.387 e. The van der Waals surface area contributed by atoms with Gasteiger partial charge in [-0.25, -0.2) is 18.7 Å². The van der Waals surface area contributed by atoms with Gasteiger partial charge in [0.25, 0.3) is 5.91 Å². The first-order valence-corrected chi connectivity index (χ1v) is 10.9. The molecule has 33 heavy (non-hydrogen) atoms. The lowest BCUT2D eigenvalue weighted by molar-refractivity contribution is -0.00177. The molecule has 2 atom stereocenters. The summed E-state index contributed by atoms with van der Waals surface area (Å²) in [7, 11) is 0. The van der Waals surface area contributed by atoms with Crippen molar-refractivity contribution in [3.63, 3.8) is 0 Å². The van der Waals surface area contributed by atoms with Crippen molar-refractivity contribution in [3.05, 3.63) is 30.1 Å². The monoisotopic (exact) mass is 463 g/mol. The molecule has 2 aromatic rings. The zero-order valence-corrected chi connectivity index (χ0v) is 19.3. The molecule has 0 saturated carbocycles. The van der Waals surface area contributed by atoms with Crippen molar-refractivity contribution in [3.8, 4) is 0 Å². The summed E-state index contributed by atoms with van der Waals surface area (Å²) in [6.07, 6.45) is 0.922. The molecule has 180 valence electrons. The van der Waals surface area contributed by atoms with E-state index in [0.717, 1.165) is 0 Å². The maximum Gasteiger partial charge on any atom is 0.255 e. The number of halogens is 2. The fourth-order valence-electron chi connectivity index (χ4n) is 3.26. The fraction of sp³-hybridized carbons (Fsp3) is 0.545. The summed E-state index contributed by atoms with van der Waals surface area (Å²) in [4.78, 5) is 27.4. The molecule has 0 aromatic carbocycles. The van der Waals surface area contributed by atoms with E-state index in [0.29, 0.717) is 36.2 Å². The predicted octanol–water partition coefficient (Wildman–Crippen LogP) is 2.82. The number of aromatic nitrogens is 3. The summed E-state index contributed by atoms with van der Waals surface area (Å²) >= 11 is 0. The van der Waals surface area contributed by atoms with Crippen LogP contribution in [-0.4, -0.2) is 69.6 Å². The second-order valence-electron chi connectivity index (χ2n) is 8.94. The Hall–Kier alpha value is -3.08. The lowest BCUT2D eigenvalue weighted by Gasteiger charge is -2.23. The van der Waals surface area contributed by atoms with Gasteiger partial charge in [0.1, 0.15) is 24.0 Å². The maximum atomic E-state index is 14.0. The van der Waals surface area contributed by atoms with Crippen molar-refractivity contribution in [1.82, 2.24) is 20.3 Å². The summed E-state index contributed by atoms with van der Waals surface area (Å²) < 4.78 is 27.5. The Kier molecular flexibility index (Phi) is 7.62. The van der Waals surface area contributed by atoms with Crippen molar-refractivity contribution in [1.29, 1.82) is 0 Å². The molecule has 11 heteroatoms. The van der Waals surface area contributed by atoms with E-state index in [1.807, 2.05) is 13.8 Å². The average molecular weight is 464 g/mol. The number of nitrogens with zero attached hydrogens (tertiary/aromatic N) is 4. The molecule has 1 aliphatic heterocycles. The highest BCUT2D eigenvalue weighted by molar-refractivity contribution is 5.99. The number of aliphatic hydroxyl groups is 1. The van der Waals surface area contributed by atoms with Crippen LogP contribution in [0, 0.1) is 0 Å². The molecule has 1 saturated heterocycles. The number of amides is 1. The van der Waals surface area contributed by atoms with E-state index in [4.69, 9.17) is 0 Å². The van der Waals surface area contributed by atoms with Crippen molar-refractivity contribution in [2.24, 2.45) is 0 Å². The minimum atomic E-state index is -1.62. The molecule has 0 bridgehead atoms. The molecular weight excluding hydrogens is 432 g/mol. The Morgan fingerprint density at radius 3 is 2.73 bits per heavy atom. The van der Waals surface area contributed by atoms with Crippen molar-refractivity contribution >= 4 is 29.2 Å². The van der Waals surface area contributed by atoms with Crippen molar-refractivity contribution in [2.75, 3.05) is 35.2 Å². The molecule has 1 amide bonds. The highest BCUT2D eigenvalue weighted by Gasteiger charge is 2.27. The summed E-state index contributed by atoms with van der Waals surface area (Å²) in [5.74, 6) is 0.837. The third kappa shape index (κ3) is 6.70. The van der Waals surface area contributed by atoms with Crippen LogP contribution < -0.4 is 20.9 Å². The molecule has 0 spiro atoms. The number of anilines is 4. The number of rotatable bonds is 9. The van der Waals surface area contributed by atoms with Crippen LogP contribution in [0.2, 0.25) is 0 Å². The van der Waals surface area contributed by atoms with E-state index < -0.39 is 23.9 Å². The molecule has 1 aliphatic rings. The van der Waals surface area contributed by atoms with Gasteiger partial charge in [-0.15, -0.1) is 0 Å². The molecule has 4 N–H and O–H groups in total. The van der Waals surface area contributed by atoms with E-state index in [2.05, 4.69) is 30.9 Å². The topological polar surface area (TPSA) is 115 Å². The van der Waals surface area contributed by atoms with E-state index in [9.17, 15) is 18.7 Å². The van der Waals surface area contributed by atoms with Crippen LogP contribution >= 0.6 is 0 Å². The Morgan fingerprint density at radius 1 is 1.33 bits per heavy atom. The van der Waals surface area contributed by atoms with E-state index >= 15 is 0 Å². The molecule has 1 fully saturated rings. The summed E-state index contributed by atoms with van der Waals surface area (Å²) in [6, 6.07) is 3.35. The van der Waals surface area contributed by atoms with Gasteiger partial charge in [-0.2, -0.15) is 4.98 Å². The predicted molar refractivity (Wildman–Crippen MR) is 124 cm³/mol. The van der Waals surface area contributed by atoms with Gasteiger partial charge in [0.05, 0.1) is 29.9 Å².